The highest BCUT2D eigenvalue weighted by molar-refractivity contribution is 6.31. The number of alkyl carbamates (subject to hydrolysis) is 1. The van der Waals surface area contributed by atoms with E-state index in [0.29, 0.717) is 10.7 Å². The Kier molecular flexibility index (Phi) is 9.11. The van der Waals surface area contributed by atoms with Crippen LogP contribution in [0.15, 0.2) is 72.8 Å². The molecule has 1 atom stereocenters. The number of hydrogen-bond donors (Lipinski definition) is 2. The Balaban J connectivity index is 1.70. The Bertz CT molecular complexity index is 1200. The molecule has 0 aromatic heterocycles. The first-order chi connectivity index (χ1) is 16.7. The molecule has 0 spiro atoms. The number of halogens is 2. The van der Waals surface area contributed by atoms with Crippen molar-refractivity contribution in [2.45, 2.75) is 26.5 Å². The van der Waals surface area contributed by atoms with E-state index in [1.807, 2.05) is 30.3 Å². The SMILES string of the molecule is CC(C)[C@H](NC(=O)OCc1ccccc1)C(=O)Oc1cc(Cl)ccc1C(=O)Nc1cccc(Cl)c1. The van der Waals surface area contributed by atoms with Crippen LogP contribution < -0.4 is 15.4 Å². The van der Waals surface area contributed by atoms with Crippen LogP contribution in [0.3, 0.4) is 0 Å². The quantitative estimate of drug-likeness (QED) is 0.279. The van der Waals surface area contributed by atoms with Gasteiger partial charge in [-0.05, 0) is 41.8 Å². The first-order valence-corrected chi connectivity index (χ1v) is 11.5. The first-order valence-electron chi connectivity index (χ1n) is 10.8. The number of hydrogen-bond acceptors (Lipinski definition) is 5. The summed E-state index contributed by atoms with van der Waals surface area (Å²) in [5.74, 6) is -1.67. The minimum Gasteiger partial charge on any atom is -0.445 e. The molecule has 0 saturated carbocycles. The van der Waals surface area contributed by atoms with Crippen molar-refractivity contribution in [2.75, 3.05) is 5.32 Å². The van der Waals surface area contributed by atoms with E-state index >= 15 is 0 Å². The van der Waals surface area contributed by atoms with E-state index in [1.165, 1.54) is 18.2 Å². The van der Waals surface area contributed by atoms with Gasteiger partial charge in [-0.25, -0.2) is 9.59 Å². The van der Waals surface area contributed by atoms with Gasteiger partial charge in [0.15, 0.2) is 0 Å². The first kappa shape index (κ1) is 26.1. The summed E-state index contributed by atoms with van der Waals surface area (Å²) in [7, 11) is 0. The zero-order valence-electron chi connectivity index (χ0n) is 19.1. The Morgan fingerprint density at radius 1 is 0.886 bits per heavy atom. The second kappa shape index (κ2) is 12.2. The summed E-state index contributed by atoms with van der Waals surface area (Å²) >= 11 is 12.1. The van der Waals surface area contributed by atoms with E-state index in [4.69, 9.17) is 32.7 Å². The molecule has 182 valence electrons. The minimum atomic E-state index is -1.03. The maximum atomic E-state index is 13.0. The molecule has 0 radical (unpaired) electrons. The Morgan fingerprint density at radius 3 is 2.29 bits per heavy atom. The number of carbonyl (C=O) groups excluding carboxylic acids is 3. The third-order valence-corrected chi connectivity index (χ3v) is 5.36. The standard InChI is InChI=1S/C26H24Cl2N2O5/c1-16(2)23(30-26(33)34-15-17-7-4-3-5-8-17)25(32)35-22-14-19(28)11-12-21(22)24(31)29-20-10-6-9-18(27)13-20/h3-14,16,23H,15H2,1-2H3,(H,29,31)(H,30,33)/t23-/m0/s1. The molecule has 0 aliphatic rings. The molecule has 0 aliphatic heterocycles. The van der Waals surface area contributed by atoms with Crippen LogP contribution in [-0.2, 0) is 16.1 Å². The van der Waals surface area contributed by atoms with E-state index in [-0.39, 0.29) is 28.9 Å². The molecule has 9 heteroatoms. The van der Waals surface area contributed by atoms with Crippen LogP contribution in [0.5, 0.6) is 5.75 Å². The molecule has 7 nitrogen and oxygen atoms in total. The van der Waals surface area contributed by atoms with Crippen molar-refractivity contribution in [2.24, 2.45) is 5.92 Å². The molecule has 2 amide bonds. The van der Waals surface area contributed by atoms with Crippen LogP contribution in [0.1, 0.15) is 29.8 Å². The lowest BCUT2D eigenvalue weighted by molar-refractivity contribution is -0.137. The van der Waals surface area contributed by atoms with E-state index in [9.17, 15) is 14.4 Å². The molecule has 0 unspecified atom stereocenters. The zero-order chi connectivity index (χ0) is 25.4. The van der Waals surface area contributed by atoms with Gasteiger partial charge in [-0.1, -0.05) is 73.4 Å². The lowest BCUT2D eigenvalue weighted by Gasteiger charge is -2.21. The molecule has 35 heavy (non-hydrogen) atoms. The van der Waals surface area contributed by atoms with Crippen LogP contribution in [0.4, 0.5) is 10.5 Å². The van der Waals surface area contributed by atoms with Crippen LogP contribution in [0, 0.1) is 5.92 Å². The van der Waals surface area contributed by atoms with Gasteiger partial charge in [0.25, 0.3) is 5.91 Å². The summed E-state index contributed by atoms with van der Waals surface area (Å²) in [5, 5.41) is 5.95. The predicted octanol–water partition coefficient (Wildman–Crippen LogP) is 6.10. The average Bonchev–Trinajstić information content (AvgIpc) is 2.81. The molecule has 0 bridgehead atoms. The van der Waals surface area contributed by atoms with Crippen molar-refractivity contribution in [1.82, 2.24) is 5.32 Å². The van der Waals surface area contributed by atoms with Crippen molar-refractivity contribution in [3.63, 3.8) is 0 Å². The van der Waals surface area contributed by atoms with Gasteiger partial charge in [-0.15, -0.1) is 0 Å². The number of benzene rings is 3. The van der Waals surface area contributed by atoms with Crippen molar-refractivity contribution in [3.8, 4) is 5.75 Å². The molecule has 0 saturated heterocycles. The summed E-state index contributed by atoms with van der Waals surface area (Å²) in [4.78, 5) is 38.1. The third kappa shape index (κ3) is 7.73. The van der Waals surface area contributed by atoms with Gasteiger partial charge in [0.05, 0.1) is 5.56 Å². The summed E-state index contributed by atoms with van der Waals surface area (Å²) in [5.41, 5.74) is 1.36. The monoisotopic (exact) mass is 514 g/mol. The lowest BCUT2D eigenvalue weighted by atomic mass is 10.0. The maximum Gasteiger partial charge on any atom is 0.408 e. The summed E-state index contributed by atoms with van der Waals surface area (Å²) < 4.78 is 10.7. The number of anilines is 1. The molecule has 3 aromatic rings. The fourth-order valence-electron chi connectivity index (χ4n) is 3.09. The molecular weight excluding hydrogens is 491 g/mol. The van der Waals surface area contributed by atoms with Crippen molar-refractivity contribution in [1.29, 1.82) is 0 Å². The summed E-state index contributed by atoms with van der Waals surface area (Å²) in [6, 6.07) is 19.0. The number of rotatable bonds is 8. The van der Waals surface area contributed by atoms with Gasteiger partial charge in [-0.2, -0.15) is 0 Å². The molecular formula is C26H24Cl2N2O5. The second-order valence-corrected chi connectivity index (χ2v) is 8.83. The Morgan fingerprint density at radius 2 is 1.60 bits per heavy atom. The van der Waals surface area contributed by atoms with Crippen molar-refractivity contribution >= 4 is 46.9 Å². The van der Waals surface area contributed by atoms with Gasteiger partial charge in [0.1, 0.15) is 18.4 Å². The summed E-state index contributed by atoms with van der Waals surface area (Å²) in [6.07, 6.45) is -0.769. The number of esters is 1. The molecule has 0 fully saturated rings. The summed E-state index contributed by atoms with van der Waals surface area (Å²) in [6.45, 7) is 3.54. The molecule has 3 rings (SSSR count). The smallest absolute Gasteiger partial charge is 0.408 e. The van der Waals surface area contributed by atoms with Crippen LogP contribution in [0.2, 0.25) is 10.0 Å². The van der Waals surface area contributed by atoms with Gasteiger partial charge in [-0.3, -0.25) is 4.79 Å². The Labute approximate surface area is 213 Å². The van der Waals surface area contributed by atoms with E-state index in [2.05, 4.69) is 10.6 Å². The highest BCUT2D eigenvalue weighted by Gasteiger charge is 2.28. The van der Waals surface area contributed by atoms with Gasteiger partial charge in [0.2, 0.25) is 0 Å². The maximum absolute atomic E-state index is 13.0. The molecule has 3 aromatic carbocycles. The van der Waals surface area contributed by atoms with E-state index in [1.54, 1.807) is 38.1 Å². The zero-order valence-corrected chi connectivity index (χ0v) is 20.6. The molecule has 2 N–H and O–H groups in total. The van der Waals surface area contributed by atoms with Gasteiger partial charge >= 0.3 is 12.1 Å². The third-order valence-electron chi connectivity index (χ3n) is 4.89. The highest BCUT2D eigenvalue weighted by atomic mass is 35.5. The number of nitrogens with one attached hydrogen (secondary N) is 2. The van der Waals surface area contributed by atoms with E-state index in [0.717, 1.165) is 5.56 Å². The van der Waals surface area contributed by atoms with Crippen LogP contribution >= 0.6 is 23.2 Å². The van der Waals surface area contributed by atoms with Crippen LogP contribution in [0.25, 0.3) is 0 Å². The highest BCUT2D eigenvalue weighted by Crippen LogP contribution is 2.26. The molecule has 0 heterocycles. The minimum absolute atomic E-state index is 0.0490. The predicted molar refractivity (Wildman–Crippen MR) is 135 cm³/mol. The topological polar surface area (TPSA) is 93.7 Å². The fourth-order valence-corrected chi connectivity index (χ4v) is 3.45. The van der Waals surface area contributed by atoms with Crippen molar-refractivity contribution in [3.05, 3.63) is 94.0 Å². The van der Waals surface area contributed by atoms with Gasteiger partial charge < -0.3 is 20.1 Å². The van der Waals surface area contributed by atoms with Crippen molar-refractivity contribution < 1.29 is 23.9 Å². The van der Waals surface area contributed by atoms with Gasteiger partial charge in [0, 0.05) is 21.8 Å². The molecule has 0 aliphatic carbocycles. The second-order valence-electron chi connectivity index (χ2n) is 7.95. The average molecular weight is 515 g/mol. The number of ether oxygens (including phenoxy) is 2. The number of amides is 2. The normalized spacial score (nSPS) is 11.5. The van der Waals surface area contributed by atoms with E-state index < -0.39 is 24.0 Å². The number of carbonyl (C=O) groups is 3. The van der Waals surface area contributed by atoms with Crippen LogP contribution in [-0.4, -0.2) is 24.0 Å². The lowest BCUT2D eigenvalue weighted by Crippen LogP contribution is -2.46. The largest absolute Gasteiger partial charge is 0.445 e. The Hall–Kier alpha value is -3.55. The fraction of sp³-hybridized carbons (Fsp3) is 0.192.